The number of carboxylic acids is 1. The monoisotopic (exact) mass is 231 g/mol. The number of aryl methyl sites for hydroxylation is 2. The molecule has 1 aromatic heterocycles. The molecule has 0 aliphatic rings. The lowest BCUT2D eigenvalue weighted by atomic mass is 10.0. The van der Waals surface area contributed by atoms with Crippen LogP contribution in [0.15, 0.2) is 28.8 Å². The van der Waals surface area contributed by atoms with Crippen LogP contribution in [-0.2, 0) is 11.2 Å². The molecule has 4 nitrogen and oxygen atoms in total. The van der Waals surface area contributed by atoms with Gasteiger partial charge in [-0.2, -0.15) is 0 Å². The van der Waals surface area contributed by atoms with Gasteiger partial charge in [0.25, 0.3) is 0 Å². The van der Waals surface area contributed by atoms with Gasteiger partial charge in [-0.15, -0.1) is 0 Å². The Kier molecular flexibility index (Phi) is 2.95. The molecular weight excluding hydrogens is 218 g/mol. The molecule has 17 heavy (non-hydrogen) atoms. The number of carboxylic acid groups (broad SMARTS) is 1. The number of aliphatic carboxylic acids is 1. The molecule has 0 radical (unpaired) electrons. The zero-order valence-corrected chi connectivity index (χ0v) is 9.73. The summed E-state index contributed by atoms with van der Waals surface area (Å²) in [6.45, 7) is 3.74. The van der Waals surface area contributed by atoms with Crippen molar-refractivity contribution in [1.29, 1.82) is 0 Å². The first-order valence-electron chi connectivity index (χ1n) is 5.32. The van der Waals surface area contributed by atoms with Gasteiger partial charge in [-0.3, -0.25) is 4.79 Å². The maximum atomic E-state index is 10.8. The number of carbonyl (C=O) groups is 1. The summed E-state index contributed by atoms with van der Waals surface area (Å²) in [7, 11) is 0. The normalized spacial score (nSPS) is 10.5. The number of hydrogen-bond acceptors (Lipinski definition) is 3. The summed E-state index contributed by atoms with van der Waals surface area (Å²) in [5.41, 5.74) is 3.27. The van der Waals surface area contributed by atoms with Gasteiger partial charge in [0.15, 0.2) is 5.76 Å². The van der Waals surface area contributed by atoms with E-state index in [-0.39, 0.29) is 6.42 Å². The predicted octanol–water partition coefficient (Wildman–Crippen LogP) is 2.59. The Balaban J connectivity index is 2.45. The van der Waals surface area contributed by atoms with Crippen molar-refractivity contribution in [2.45, 2.75) is 20.3 Å². The average molecular weight is 231 g/mol. The second-order valence-corrected chi connectivity index (χ2v) is 4.01. The van der Waals surface area contributed by atoms with E-state index in [9.17, 15) is 4.79 Å². The first-order valence-corrected chi connectivity index (χ1v) is 5.32. The number of rotatable bonds is 3. The number of hydrogen-bond donors (Lipinski definition) is 1. The van der Waals surface area contributed by atoms with Gasteiger partial charge >= 0.3 is 5.97 Å². The minimum Gasteiger partial charge on any atom is -0.481 e. The lowest BCUT2D eigenvalue weighted by molar-refractivity contribution is -0.136. The van der Waals surface area contributed by atoms with Gasteiger partial charge in [-0.1, -0.05) is 35.0 Å². The fraction of sp³-hybridized carbons (Fsp3) is 0.231. The highest BCUT2D eigenvalue weighted by molar-refractivity contribution is 5.75. The molecule has 1 heterocycles. The topological polar surface area (TPSA) is 63.3 Å². The average Bonchev–Trinajstić information content (AvgIpc) is 2.61. The van der Waals surface area contributed by atoms with Crippen LogP contribution in [0.4, 0.5) is 0 Å². The van der Waals surface area contributed by atoms with E-state index in [1.807, 2.05) is 31.2 Å². The molecule has 0 atom stereocenters. The van der Waals surface area contributed by atoms with Crippen molar-refractivity contribution in [3.8, 4) is 11.3 Å². The Labute approximate surface area is 98.9 Å². The zero-order chi connectivity index (χ0) is 12.4. The molecule has 4 heteroatoms. The van der Waals surface area contributed by atoms with Crippen LogP contribution in [0.3, 0.4) is 0 Å². The maximum absolute atomic E-state index is 10.8. The fourth-order valence-electron chi connectivity index (χ4n) is 1.68. The second-order valence-electron chi connectivity index (χ2n) is 4.01. The highest BCUT2D eigenvalue weighted by Gasteiger charge is 2.17. The first kappa shape index (κ1) is 11.4. The Bertz CT molecular complexity index is 540. The molecule has 0 unspecified atom stereocenters. The highest BCUT2D eigenvalue weighted by atomic mass is 16.5. The predicted molar refractivity (Wildman–Crippen MR) is 62.8 cm³/mol. The number of nitrogens with zero attached hydrogens (tertiary/aromatic N) is 1. The van der Waals surface area contributed by atoms with Crippen molar-refractivity contribution in [1.82, 2.24) is 5.16 Å². The van der Waals surface area contributed by atoms with E-state index in [1.54, 1.807) is 6.92 Å². The summed E-state index contributed by atoms with van der Waals surface area (Å²) in [5, 5.41) is 12.7. The van der Waals surface area contributed by atoms with Crippen LogP contribution in [0.2, 0.25) is 0 Å². The van der Waals surface area contributed by atoms with Gasteiger partial charge in [0.2, 0.25) is 0 Å². The molecule has 0 spiro atoms. The van der Waals surface area contributed by atoms with E-state index in [2.05, 4.69) is 5.16 Å². The maximum Gasteiger partial charge on any atom is 0.308 e. The van der Waals surface area contributed by atoms with E-state index in [0.29, 0.717) is 17.0 Å². The van der Waals surface area contributed by atoms with Crippen LogP contribution in [0, 0.1) is 13.8 Å². The molecule has 88 valence electrons. The van der Waals surface area contributed by atoms with Crippen LogP contribution < -0.4 is 0 Å². The van der Waals surface area contributed by atoms with Gasteiger partial charge in [0.05, 0.1) is 12.1 Å². The summed E-state index contributed by atoms with van der Waals surface area (Å²) >= 11 is 0. The molecule has 0 saturated heterocycles. The lowest BCUT2D eigenvalue weighted by Gasteiger charge is -2.00. The molecule has 1 N–H and O–H groups in total. The number of aromatic nitrogens is 1. The van der Waals surface area contributed by atoms with Crippen molar-refractivity contribution in [3.63, 3.8) is 0 Å². The standard InChI is InChI=1S/C13H13NO3/c1-8-3-5-10(6-4-8)13-11(7-12(15)16)9(2)14-17-13/h3-6H,7H2,1-2H3,(H,15,16). The SMILES string of the molecule is Cc1ccc(-c2onc(C)c2CC(=O)O)cc1. The molecule has 0 saturated carbocycles. The van der Waals surface area contributed by atoms with Crippen LogP contribution in [0.25, 0.3) is 11.3 Å². The molecule has 0 aliphatic carbocycles. The Morgan fingerprint density at radius 3 is 2.53 bits per heavy atom. The van der Waals surface area contributed by atoms with E-state index in [1.165, 1.54) is 0 Å². The molecule has 0 aliphatic heterocycles. The zero-order valence-electron chi connectivity index (χ0n) is 9.73. The molecular formula is C13H13NO3. The van der Waals surface area contributed by atoms with Gasteiger partial charge in [0.1, 0.15) is 0 Å². The minimum absolute atomic E-state index is 0.0709. The third-order valence-corrected chi connectivity index (χ3v) is 2.63. The van der Waals surface area contributed by atoms with Gasteiger partial charge in [0, 0.05) is 11.1 Å². The van der Waals surface area contributed by atoms with Crippen LogP contribution in [0.5, 0.6) is 0 Å². The molecule has 0 fully saturated rings. The van der Waals surface area contributed by atoms with E-state index in [4.69, 9.17) is 9.63 Å². The van der Waals surface area contributed by atoms with Gasteiger partial charge in [-0.25, -0.2) is 0 Å². The van der Waals surface area contributed by atoms with Crippen molar-refractivity contribution in [3.05, 3.63) is 41.1 Å². The number of benzene rings is 1. The van der Waals surface area contributed by atoms with E-state index >= 15 is 0 Å². The van der Waals surface area contributed by atoms with Crippen LogP contribution in [0.1, 0.15) is 16.8 Å². The van der Waals surface area contributed by atoms with Gasteiger partial charge < -0.3 is 9.63 Å². The lowest BCUT2D eigenvalue weighted by Crippen LogP contribution is -2.01. The Morgan fingerprint density at radius 2 is 1.94 bits per heavy atom. The second kappa shape index (κ2) is 4.41. The van der Waals surface area contributed by atoms with E-state index in [0.717, 1.165) is 11.1 Å². The van der Waals surface area contributed by atoms with Gasteiger partial charge in [-0.05, 0) is 13.8 Å². The summed E-state index contributed by atoms with van der Waals surface area (Å²) in [4.78, 5) is 10.8. The van der Waals surface area contributed by atoms with Crippen molar-refractivity contribution in [2.24, 2.45) is 0 Å². The molecule has 0 bridgehead atoms. The fourth-order valence-corrected chi connectivity index (χ4v) is 1.68. The molecule has 2 aromatic rings. The molecule has 2 rings (SSSR count). The quantitative estimate of drug-likeness (QED) is 0.881. The van der Waals surface area contributed by atoms with Crippen LogP contribution in [-0.4, -0.2) is 16.2 Å². The largest absolute Gasteiger partial charge is 0.481 e. The first-order chi connectivity index (χ1) is 8.08. The molecule has 1 aromatic carbocycles. The molecule has 0 amide bonds. The Morgan fingerprint density at radius 1 is 1.29 bits per heavy atom. The Hall–Kier alpha value is -2.10. The summed E-state index contributed by atoms with van der Waals surface area (Å²) in [5.74, 6) is -0.338. The van der Waals surface area contributed by atoms with Crippen molar-refractivity contribution < 1.29 is 14.4 Å². The summed E-state index contributed by atoms with van der Waals surface area (Å²) < 4.78 is 5.21. The van der Waals surface area contributed by atoms with Crippen LogP contribution >= 0.6 is 0 Å². The smallest absolute Gasteiger partial charge is 0.308 e. The van der Waals surface area contributed by atoms with Crippen molar-refractivity contribution in [2.75, 3.05) is 0 Å². The van der Waals surface area contributed by atoms with Crippen molar-refractivity contribution >= 4 is 5.97 Å². The van der Waals surface area contributed by atoms with E-state index < -0.39 is 5.97 Å². The third kappa shape index (κ3) is 2.36. The third-order valence-electron chi connectivity index (χ3n) is 2.63. The summed E-state index contributed by atoms with van der Waals surface area (Å²) in [6.07, 6.45) is -0.0709. The minimum atomic E-state index is -0.885. The highest BCUT2D eigenvalue weighted by Crippen LogP contribution is 2.26. The summed E-state index contributed by atoms with van der Waals surface area (Å²) in [6, 6.07) is 7.72.